The Labute approximate surface area is 190 Å². The van der Waals surface area contributed by atoms with E-state index in [1.54, 1.807) is 48.6 Å². The quantitative estimate of drug-likeness (QED) is 0.518. The van der Waals surface area contributed by atoms with Gasteiger partial charge in [0.25, 0.3) is 0 Å². The van der Waals surface area contributed by atoms with E-state index in [9.17, 15) is 18.8 Å². The maximum Gasteiger partial charge on any atom is 0.312 e. The fraction of sp³-hybridized carbons (Fsp3) is 0.522. The van der Waals surface area contributed by atoms with Crippen molar-refractivity contribution in [3.8, 4) is 17.3 Å². The Morgan fingerprint density at radius 2 is 1.97 bits per heavy atom. The molecule has 3 aromatic heterocycles. The number of rotatable bonds is 5. The summed E-state index contributed by atoms with van der Waals surface area (Å²) in [7, 11) is 0. The van der Waals surface area contributed by atoms with Crippen LogP contribution in [0.2, 0.25) is 0 Å². The number of hydrogen-bond donors (Lipinski definition) is 0. The summed E-state index contributed by atoms with van der Waals surface area (Å²) in [5.74, 6) is -3.02. The normalized spacial score (nSPS) is 17.6. The molecule has 0 saturated heterocycles. The highest BCUT2D eigenvalue weighted by Crippen LogP contribution is 2.44. The van der Waals surface area contributed by atoms with E-state index in [0.29, 0.717) is 16.9 Å². The molecule has 0 N–H and O–H groups in total. The Kier molecular flexibility index (Phi) is 5.68. The van der Waals surface area contributed by atoms with E-state index in [2.05, 4.69) is 21.1 Å². The topological polar surface area (TPSA) is 98.6 Å². The van der Waals surface area contributed by atoms with Crippen LogP contribution in [0.5, 0.6) is 0 Å². The zero-order valence-corrected chi connectivity index (χ0v) is 18.9. The number of nitrogens with zero attached hydrogens (tertiary/aromatic N) is 6. The van der Waals surface area contributed by atoms with E-state index < -0.39 is 16.9 Å². The maximum atomic E-state index is 13.8. The van der Waals surface area contributed by atoms with E-state index in [4.69, 9.17) is 4.74 Å². The van der Waals surface area contributed by atoms with Gasteiger partial charge in [0.05, 0.1) is 35.3 Å². The minimum absolute atomic E-state index is 0.0226. The van der Waals surface area contributed by atoms with Crippen LogP contribution in [0.3, 0.4) is 0 Å². The second kappa shape index (κ2) is 8.21. The highest BCUT2D eigenvalue weighted by Gasteiger charge is 2.45. The van der Waals surface area contributed by atoms with Gasteiger partial charge >= 0.3 is 5.97 Å². The molecule has 1 saturated carbocycles. The first-order valence-corrected chi connectivity index (χ1v) is 10.8. The van der Waals surface area contributed by atoms with Gasteiger partial charge in [0.2, 0.25) is 5.92 Å². The predicted octanol–water partition coefficient (Wildman–Crippen LogP) is 4.66. The molecule has 8 nitrogen and oxygen atoms in total. The summed E-state index contributed by atoms with van der Waals surface area (Å²) < 4.78 is 36.3. The molecule has 10 heteroatoms. The lowest BCUT2D eigenvalue weighted by atomic mass is 9.78. The Balaban J connectivity index is 1.62. The second-order valence-electron chi connectivity index (χ2n) is 9.64. The minimum Gasteiger partial charge on any atom is -0.443 e. The van der Waals surface area contributed by atoms with Gasteiger partial charge in [-0.25, -0.2) is 18.7 Å². The number of nitriles is 1. The average Bonchev–Trinajstić information content (AvgIpc) is 3.41. The van der Waals surface area contributed by atoms with Gasteiger partial charge in [-0.05, 0) is 39.7 Å². The number of carbonyl (C=O) groups is 1. The summed E-state index contributed by atoms with van der Waals surface area (Å²) in [5, 5.41) is 14.5. The molecule has 0 unspecified atom stereocenters. The van der Waals surface area contributed by atoms with Gasteiger partial charge in [-0.2, -0.15) is 10.4 Å². The lowest BCUT2D eigenvalue weighted by Crippen LogP contribution is -2.41. The van der Waals surface area contributed by atoms with E-state index in [0.717, 1.165) is 5.39 Å². The lowest BCUT2D eigenvalue weighted by molar-refractivity contribution is -0.156. The van der Waals surface area contributed by atoms with Gasteiger partial charge in [-0.15, -0.1) is 0 Å². The van der Waals surface area contributed by atoms with Crippen molar-refractivity contribution in [2.75, 3.05) is 0 Å². The van der Waals surface area contributed by atoms with E-state index in [1.807, 2.05) is 6.07 Å². The number of hydrogen-bond acceptors (Lipinski definition) is 6. The van der Waals surface area contributed by atoms with Crippen molar-refractivity contribution in [2.45, 2.75) is 71.1 Å². The Morgan fingerprint density at radius 1 is 1.24 bits per heavy atom. The van der Waals surface area contributed by atoms with Gasteiger partial charge in [0.1, 0.15) is 12.0 Å². The summed E-state index contributed by atoms with van der Waals surface area (Å²) in [6, 6.07) is 3.98. The zero-order chi connectivity index (χ0) is 23.9. The number of halogens is 2. The first-order chi connectivity index (χ1) is 15.5. The summed E-state index contributed by atoms with van der Waals surface area (Å²) in [6.07, 6.45) is 6.53. The molecule has 1 fully saturated rings. The van der Waals surface area contributed by atoms with Crippen LogP contribution in [0, 0.1) is 16.7 Å². The van der Waals surface area contributed by atoms with Crippen LogP contribution in [-0.4, -0.2) is 36.2 Å². The molecule has 0 radical (unpaired) electrons. The Morgan fingerprint density at radius 3 is 2.64 bits per heavy atom. The summed E-state index contributed by atoms with van der Waals surface area (Å²) in [5.41, 5.74) is 0.550. The van der Waals surface area contributed by atoms with Crippen LogP contribution in [0.1, 0.15) is 52.9 Å². The smallest absolute Gasteiger partial charge is 0.312 e. The van der Waals surface area contributed by atoms with Crippen LogP contribution in [0.25, 0.3) is 22.3 Å². The first-order valence-electron chi connectivity index (χ1n) is 10.8. The second-order valence-corrected chi connectivity index (χ2v) is 9.64. The molecule has 0 atom stereocenters. The van der Waals surface area contributed by atoms with E-state index >= 15 is 0 Å². The molecule has 3 aromatic rings. The zero-order valence-electron chi connectivity index (χ0n) is 18.9. The van der Waals surface area contributed by atoms with Crippen molar-refractivity contribution in [3.63, 3.8) is 0 Å². The molecule has 4 rings (SSSR count). The SMILES string of the molecule is CC(C)(C)C(=O)OCn1ccc2c(-c3cnn(C4(CC#N)CCC(F)(F)CC4)c3)ncnc21. The third kappa shape index (κ3) is 4.45. The van der Waals surface area contributed by atoms with Crippen molar-refractivity contribution >= 4 is 17.0 Å². The molecule has 33 heavy (non-hydrogen) atoms. The molecule has 1 aliphatic rings. The Bertz CT molecular complexity index is 1210. The number of esters is 1. The molecular formula is C23H26F2N6O2. The minimum atomic E-state index is -2.70. The first kappa shape index (κ1) is 22.8. The number of fused-ring (bicyclic) bond motifs is 1. The molecule has 1 aliphatic carbocycles. The monoisotopic (exact) mass is 456 g/mol. The van der Waals surface area contributed by atoms with E-state index in [-0.39, 0.29) is 44.8 Å². The largest absolute Gasteiger partial charge is 0.443 e. The standard InChI is InChI=1S/C23H26F2N6O2/c1-21(2,3)20(32)33-15-30-11-4-17-18(27-14-28-19(17)30)16-12-29-31(13-16)22(9-10-26)5-7-23(24,25)8-6-22/h4,11-14H,5-9,15H2,1-3H3. The van der Waals surface area contributed by atoms with Crippen molar-refractivity contribution in [3.05, 3.63) is 31.0 Å². The molecule has 174 valence electrons. The van der Waals surface area contributed by atoms with Crippen molar-refractivity contribution < 1.29 is 18.3 Å². The van der Waals surface area contributed by atoms with Gasteiger partial charge in [-0.1, -0.05) is 0 Å². The maximum absolute atomic E-state index is 13.8. The summed E-state index contributed by atoms with van der Waals surface area (Å²) >= 11 is 0. The van der Waals surface area contributed by atoms with Gasteiger partial charge in [0.15, 0.2) is 6.73 Å². The fourth-order valence-electron chi connectivity index (χ4n) is 4.10. The van der Waals surface area contributed by atoms with Crippen molar-refractivity contribution in [1.29, 1.82) is 5.26 Å². The third-order valence-corrected chi connectivity index (χ3v) is 6.17. The molecular weight excluding hydrogens is 430 g/mol. The van der Waals surface area contributed by atoms with Gasteiger partial charge in [-0.3, -0.25) is 14.0 Å². The van der Waals surface area contributed by atoms with Crippen LogP contribution in [-0.2, 0) is 21.8 Å². The molecule has 0 bridgehead atoms. The van der Waals surface area contributed by atoms with Crippen LogP contribution < -0.4 is 0 Å². The highest BCUT2D eigenvalue weighted by molar-refractivity contribution is 5.90. The molecule has 0 spiro atoms. The third-order valence-electron chi connectivity index (χ3n) is 6.17. The van der Waals surface area contributed by atoms with Gasteiger partial charge < -0.3 is 4.74 Å². The summed E-state index contributed by atoms with van der Waals surface area (Å²) in [6.45, 7) is 5.38. The van der Waals surface area contributed by atoms with Crippen LogP contribution in [0.15, 0.2) is 31.0 Å². The lowest BCUT2D eigenvalue weighted by Gasteiger charge is -2.38. The van der Waals surface area contributed by atoms with Gasteiger partial charge in [0, 0.05) is 36.2 Å². The number of ether oxygens (including phenoxy) is 1. The number of aromatic nitrogens is 5. The fourth-order valence-corrected chi connectivity index (χ4v) is 4.10. The molecule has 3 heterocycles. The molecule has 0 aromatic carbocycles. The summed E-state index contributed by atoms with van der Waals surface area (Å²) in [4.78, 5) is 20.8. The van der Waals surface area contributed by atoms with Crippen LogP contribution >= 0.6 is 0 Å². The Hall–Kier alpha value is -3.35. The van der Waals surface area contributed by atoms with Crippen LogP contribution in [0.4, 0.5) is 8.78 Å². The van der Waals surface area contributed by atoms with Crippen molar-refractivity contribution in [1.82, 2.24) is 24.3 Å². The number of alkyl halides is 2. The highest BCUT2D eigenvalue weighted by atomic mass is 19.3. The molecule has 0 aliphatic heterocycles. The average molecular weight is 456 g/mol. The van der Waals surface area contributed by atoms with Crippen molar-refractivity contribution in [2.24, 2.45) is 5.41 Å². The predicted molar refractivity (Wildman–Crippen MR) is 116 cm³/mol. The van der Waals surface area contributed by atoms with E-state index in [1.165, 1.54) is 6.33 Å². The molecule has 0 amide bonds. The number of carbonyl (C=O) groups excluding carboxylic acids is 1.